The minimum absolute atomic E-state index is 0.0508. The molecule has 2 aromatic rings. The maximum Gasteiger partial charge on any atom is 0.268 e. The number of carbonyl (C=O) groups excluding carboxylic acids is 1. The topological polar surface area (TPSA) is 110 Å². The number of guanidine groups is 1. The number of nitrogens with zero attached hydrogens (tertiary/aromatic N) is 6. The Bertz CT molecular complexity index is 1200. The number of aliphatic hydroxyl groups is 1. The highest BCUT2D eigenvalue weighted by atomic mass is 16.3. The molecule has 2 aromatic heterocycles. The van der Waals surface area contributed by atoms with Crippen molar-refractivity contribution >= 4 is 35.9 Å². The Kier molecular flexibility index (Phi) is 7.54. The number of aliphatic hydroxyl groups excluding tert-OH is 1. The van der Waals surface area contributed by atoms with Crippen molar-refractivity contribution in [1.82, 2.24) is 19.8 Å². The van der Waals surface area contributed by atoms with E-state index in [9.17, 15) is 9.90 Å². The third-order valence-electron chi connectivity index (χ3n) is 8.21. The summed E-state index contributed by atoms with van der Waals surface area (Å²) in [6.07, 6.45) is 7.11. The SMILES string of the molecule is C=NC(=Nc1c(C)cc2n1C1(CCCCC1)CNC2=O)Nc1ccc(N2CCN(C[C@H](C)O)[C@@H](C)C2)cn1. The van der Waals surface area contributed by atoms with Crippen molar-refractivity contribution < 1.29 is 9.90 Å². The summed E-state index contributed by atoms with van der Waals surface area (Å²) in [5.41, 5.74) is 2.53. The van der Waals surface area contributed by atoms with E-state index in [2.05, 4.69) is 54.7 Å². The van der Waals surface area contributed by atoms with E-state index in [4.69, 9.17) is 4.99 Å². The molecule has 1 amide bonds. The number of piperazine rings is 1. The lowest BCUT2D eigenvalue weighted by Crippen LogP contribution is -2.53. The zero-order valence-corrected chi connectivity index (χ0v) is 22.8. The second kappa shape index (κ2) is 10.9. The normalized spacial score (nSPS) is 22.6. The van der Waals surface area contributed by atoms with E-state index in [0.717, 1.165) is 62.4 Å². The van der Waals surface area contributed by atoms with Crippen LogP contribution in [0, 0.1) is 6.92 Å². The van der Waals surface area contributed by atoms with Gasteiger partial charge in [-0.25, -0.2) is 9.98 Å². The van der Waals surface area contributed by atoms with Gasteiger partial charge in [0.2, 0.25) is 5.96 Å². The Balaban J connectivity index is 1.34. The number of aryl methyl sites for hydroxylation is 1. The predicted molar refractivity (Wildman–Crippen MR) is 152 cm³/mol. The van der Waals surface area contributed by atoms with Crippen molar-refractivity contribution in [1.29, 1.82) is 0 Å². The van der Waals surface area contributed by atoms with Crippen molar-refractivity contribution in [3.63, 3.8) is 0 Å². The molecule has 1 saturated carbocycles. The standard InChI is InChI=1S/C28H40N8O2/c1-19-14-23-26(38)31-18-28(10-6-5-7-11-28)36(23)25(19)33-27(29-4)32-24-9-8-22(15-30-24)35-13-12-34(17-21(3)37)20(2)16-35/h8-9,14-15,20-21,37H,4-7,10-13,16-18H2,1-3H3,(H,31,38)(H,30,32,33)/t20-,21-/m0/s1. The molecule has 1 spiro atoms. The van der Waals surface area contributed by atoms with Gasteiger partial charge in [0, 0.05) is 38.8 Å². The number of aromatic nitrogens is 2. The molecule has 10 nitrogen and oxygen atoms in total. The van der Waals surface area contributed by atoms with Crippen LogP contribution in [-0.2, 0) is 5.54 Å². The lowest BCUT2D eigenvalue weighted by Gasteiger charge is -2.43. The Hall–Kier alpha value is -3.24. The maximum absolute atomic E-state index is 12.7. The summed E-state index contributed by atoms with van der Waals surface area (Å²) in [6.45, 7) is 13.8. The number of fused-ring (bicyclic) bond motifs is 2. The second-order valence-corrected chi connectivity index (χ2v) is 11.1. The van der Waals surface area contributed by atoms with E-state index < -0.39 is 0 Å². The van der Waals surface area contributed by atoms with Gasteiger partial charge in [0.15, 0.2) is 0 Å². The van der Waals surface area contributed by atoms with Crippen molar-refractivity contribution in [3.8, 4) is 0 Å². The number of anilines is 2. The molecule has 2 fully saturated rings. The molecule has 1 saturated heterocycles. The van der Waals surface area contributed by atoms with Crippen LogP contribution in [0.4, 0.5) is 17.3 Å². The highest BCUT2D eigenvalue weighted by Gasteiger charge is 2.42. The molecule has 204 valence electrons. The van der Waals surface area contributed by atoms with Crippen molar-refractivity contribution in [2.45, 2.75) is 70.6 Å². The van der Waals surface area contributed by atoms with Crippen LogP contribution in [0.5, 0.6) is 0 Å². The molecule has 0 bridgehead atoms. The highest BCUT2D eigenvalue weighted by molar-refractivity contribution is 5.99. The predicted octanol–water partition coefficient (Wildman–Crippen LogP) is 3.29. The van der Waals surface area contributed by atoms with Gasteiger partial charge in [-0.15, -0.1) is 0 Å². The van der Waals surface area contributed by atoms with Gasteiger partial charge in [0.1, 0.15) is 17.3 Å². The smallest absolute Gasteiger partial charge is 0.268 e. The molecule has 0 radical (unpaired) electrons. The zero-order valence-electron chi connectivity index (χ0n) is 22.8. The number of carbonyl (C=O) groups is 1. The third kappa shape index (κ3) is 5.19. The second-order valence-electron chi connectivity index (χ2n) is 11.1. The summed E-state index contributed by atoms with van der Waals surface area (Å²) >= 11 is 0. The highest BCUT2D eigenvalue weighted by Crippen LogP contribution is 2.42. The Morgan fingerprint density at radius 3 is 2.76 bits per heavy atom. The third-order valence-corrected chi connectivity index (χ3v) is 8.21. The molecule has 38 heavy (non-hydrogen) atoms. The summed E-state index contributed by atoms with van der Waals surface area (Å²) in [5, 5.41) is 16.1. The molecule has 1 aliphatic carbocycles. The minimum atomic E-state index is -0.322. The van der Waals surface area contributed by atoms with E-state index in [-0.39, 0.29) is 17.6 Å². The fourth-order valence-electron chi connectivity index (χ4n) is 6.24. The van der Waals surface area contributed by atoms with Gasteiger partial charge in [-0.1, -0.05) is 19.3 Å². The van der Waals surface area contributed by atoms with Gasteiger partial charge in [-0.05, 0) is 64.1 Å². The first-order valence-electron chi connectivity index (χ1n) is 13.8. The Labute approximate surface area is 224 Å². The van der Waals surface area contributed by atoms with Gasteiger partial charge < -0.3 is 25.2 Å². The molecule has 0 aromatic carbocycles. The van der Waals surface area contributed by atoms with Crippen molar-refractivity contribution in [2.24, 2.45) is 9.98 Å². The average Bonchev–Trinajstić information content (AvgIpc) is 3.25. The molecule has 2 atom stereocenters. The van der Waals surface area contributed by atoms with Crippen LogP contribution in [0.25, 0.3) is 0 Å². The Morgan fingerprint density at radius 2 is 2.11 bits per heavy atom. The summed E-state index contributed by atoms with van der Waals surface area (Å²) in [6, 6.07) is 6.27. The van der Waals surface area contributed by atoms with Gasteiger partial charge in [0.25, 0.3) is 5.91 Å². The van der Waals surface area contributed by atoms with Crippen LogP contribution in [0.2, 0.25) is 0 Å². The van der Waals surface area contributed by atoms with E-state index >= 15 is 0 Å². The summed E-state index contributed by atoms with van der Waals surface area (Å²) in [4.78, 5) is 31.0. The molecule has 5 rings (SSSR count). The summed E-state index contributed by atoms with van der Waals surface area (Å²) < 4.78 is 2.15. The maximum atomic E-state index is 12.7. The van der Waals surface area contributed by atoms with Crippen LogP contribution >= 0.6 is 0 Å². The van der Waals surface area contributed by atoms with Crippen molar-refractivity contribution in [2.75, 3.05) is 42.9 Å². The number of β-amino-alcohol motifs (C(OH)–C–C–N with tert-alkyl or cyclic N) is 1. The fourth-order valence-corrected chi connectivity index (χ4v) is 6.24. The number of aliphatic imine (C=N–C) groups is 2. The average molecular weight is 521 g/mol. The molecule has 3 aliphatic rings. The summed E-state index contributed by atoms with van der Waals surface area (Å²) in [7, 11) is 0. The fraction of sp³-hybridized carbons (Fsp3) is 0.571. The zero-order chi connectivity index (χ0) is 26.9. The van der Waals surface area contributed by atoms with E-state index in [0.29, 0.717) is 36.6 Å². The van der Waals surface area contributed by atoms with Gasteiger partial charge in [-0.2, -0.15) is 4.99 Å². The molecular formula is C28H40N8O2. The lowest BCUT2D eigenvalue weighted by molar-refractivity contribution is 0.0830. The quantitative estimate of drug-likeness (QED) is 0.412. The Morgan fingerprint density at radius 1 is 1.32 bits per heavy atom. The molecule has 2 aliphatic heterocycles. The lowest BCUT2D eigenvalue weighted by atomic mass is 9.80. The largest absolute Gasteiger partial charge is 0.392 e. The van der Waals surface area contributed by atoms with Crippen molar-refractivity contribution in [3.05, 3.63) is 35.7 Å². The number of amides is 1. The first-order valence-corrected chi connectivity index (χ1v) is 13.8. The number of hydrogen-bond acceptors (Lipinski definition) is 6. The van der Waals surface area contributed by atoms with Gasteiger partial charge in [-0.3, -0.25) is 9.69 Å². The number of rotatable bonds is 5. The number of nitrogens with one attached hydrogen (secondary N) is 2. The van der Waals surface area contributed by atoms with Crippen LogP contribution in [0.1, 0.15) is 62.0 Å². The summed E-state index contributed by atoms with van der Waals surface area (Å²) in [5.74, 6) is 1.69. The van der Waals surface area contributed by atoms with Crippen LogP contribution in [0.3, 0.4) is 0 Å². The number of hydrogen-bond donors (Lipinski definition) is 3. The molecule has 0 unspecified atom stereocenters. The minimum Gasteiger partial charge on any atom is -0.392 e. The first-order chi connectivity index (χ1) is 18.3. The molecule has 10 heteroatoms. The van der Waals surface area contributed by atoms with E-state index in [1.165, 1.54) is 6.42 Å². The number of pyridine rings is 1. The first kappa shape index (κ1) is 26.4. The van der Waals surface area contributed by atoms with Crippen LogP contribution in [-0.4, -0.2) is 83.0 Å². The molecule has 3 N–H and O–H groups in total. The monoisotopic (exact) mass is 520 g/mol. The van der Waals surface area contributed by atoms with Crippen LogP contribution < -0.4 is 15.5 Å². The van der Waals surface area contributed by atoms with Gasteiger partial charge >= 0.3 is 0 Å². The van der Waals surface area contributed by atoms with E-state index in [1.807, 2.05) is 32.2 Å². The molecule has 4 heterocycles. The van der Waals surface area contributed by atoms with E-state index in [1.54, 1.807) is 0 Å². The molecular weight excluding hydrogens is 480 g/mol. The van der Waals surface area contributed by atoms with Gasteiger partial charge in [0.05, 0.1) is 23.5 Å². The van der Waals surface area contributed by atoms with Crippen LogP contribution in [0.15, 0.2) is 34.4 Å².